The van der Waals surface area contributed by atoms with E-state index in [0.717, 1.165) is 25.0 Å². The third kappa shape index (κ3) is 1.72. The highest BCUT2D eigenvalue weighted by molar-refractivity contribution is 5.88. The Labute approximate surface area is 95.0 Å². The molecule has 0 radical (unpaired) electrons. The van der Waals surface area contributed by atoms with E-state index in [4.69, 9.17) is 4.74 Å². The molecule has 1 saturated heterocycles. The molecule has 88 valence electrons. The predicted octanol–water partition coefficient (Wildman–Crippen LogP) is 1.51. The number of amides is 1. The highest BCUT2D eigenvalue weighted by Crippen LogP contribution is 2.43. The van der Waals surface area contributed by atoms with E-state index in [9.17, 15) is 9.59 Å². The van der Waals surface area contributed by atoms with Gasteiger partial charge in [-0.3, -0.25) is 9.59 Å². The van der Waals surface area contributed by atoms with Crippen molar-refractivity contribution in [3.05, 3.63) is 11.8 Å². The van der Waals surface area contributed by atoms with Gasteiger partial charge in [0.25, 0.3) is 0 Å². The van der Waals surface area contributed by atoms with Crippen molar-refractivity contribution in [2.75, 3.05) is 6.61 Å². The Morgan fingerprint density at radius 1 is 1.56 bits per heavy atom. The Balaban J connectivity index is 2.27. The van der Waals surface area contributed by atoms with Crippen LogP contribution in [0.15, 0.2) is 11.8 Å². The first-order valence-corrected chi connectivity index (χ1v) is 5.87. The van der Waals surface area contributed by atoms with Crippen molar-refractivity contribution >= 4 is 11.9 Å². The SMILES string of the molecule is CCOC(=O)[C@@]12CCCC=C1NC(=O)CC2. The zero-order valence-corrected chi connectivity index (χ0v) is 9.54. The van der Waals surface area contributed by atoms with Gasteiger partial charge in [-0.05, 0) is 32.6 Å². The van der Waals surface area contributed by atoms with Crippen LogP contribution < -0.4 is 5.32 Å². The normalized spacial score (nSPS) is 28.8. The zero-order valence-electron chi connectivity index (χ0n) is 9.54. The minimum absolute atomic E-state index is 0.00748. The Morgan fingerprint density at radius 2 is 2.38 bits per heavy atom. The van der Waals surface area contributed by atoms with E-state index in [2.05, 4.69) is 5.32 Å². The number of allylic oxidation sites excluding steroid dienone is 1. The molecule has 0 spiro atoms. The van der Waals surface area contributed by atoms with Crippen molar-refractivity contribution in [2.45, 2.75) is 39.0 Å². The fraction of sp³-hybridized carbons (Fsp3) is 0.667. The third-order valence-corrected chi connectivity index (χ3v) is 3.39. The quantitative estimate of drug-likeness (QED) is 0.722. The van der Waals surface area contributed by atoms with E-state index in [0.29, 0.717) is 19.4 Å². The smallest absolute Gasteiger partial charge is 0.318 e. The molecule has 0 aromatic heterocycles. The van der Waals surface area contributed by atoms with Gasteiger partial charge in [-0.15, -0.1) is 0 Å². The van der Waals surface area contributed by atoms with Gasteiger partial charge in [0.2, 0.25) is 5.91 Å². The molecule has 1 amide bonds. The number of nitrogens with one attached hydrogen (secondary N) is 1. The number of fused-ring (bicyclic) bond motifs is 1. The average molecular weight is 223 g/mol. The van der Waals surface area contributed by atoms with E-state index in [1.165, 1.54) is 0 Å². The first kappa shape index (κ1) is 11.2. The molecular formula is C12H17NO3. The topological polar surface area (TPSA) is 55.4 Å². The van der Waals surface area contributed by atoms with Crippen LogP contribution in [0.4, 0.5) is 0 Å². The lowest BCUT2D eigenvalue weighted by molar-refractivity contribution is -0.155. The van der Waals surface area contributed by atoms with Crippen LogP contribution in [0.5, 0.6) is 0 Å². The number of ether oxygens (including phenoxy) is 1. The van der Waals surface area contributed by atoms with Gasteiger partial charge in [-0.2, -0.15) is 0 Å². The first-order chi connectivity index (χ1) is 7.69. The summed E-state index contributed by atoms with van der Waals surface area (Å²) in [6.45, 7) is 2.20. The van der Waals surface area contributed by atoms with E-state index < -0.39 is 5.41 Å². The molecule has 1 aliphatic carbocycles. The lowest BCUT2D eigenvalue weighted by Gasteiger charge is -2.39. The van der Waals surface area contributed by atoms with Gasteiger partial charge in [-0.1, -0.05) is 6.08 Å². The molecule has 16 heavy (non-hydrogen) atoms. The van der Waals surface area contributed by atoms with Gasteiger partial charge in [0, 0.05) is 12.1 Å². The number of carbonyl (C=O) groups is 2. The van der Waals surface area contributed by atoms with E-state index in [1.807, 2.05) is 13.0 Å². The van der Waals surface area contributed by atoms with Gasteiger partial charge in [-0.25, -0.2) is 0 Å². The van der Waals surface area contributed by atoms with Crippen molar-refractivity contribution in [3.8, 4) is 0 Å². The number of hydrogen-bond donors (Lipinski definition) is 1. The largest absolute Gasteiger partial charge is 0.465 e. The molecule has 1 heterocycles. The standard InChI is InChI=1S/C12H17NO3/c1-2-16-11(15)12-7-4-3-5-9(12)13-10(14)6-8-12/h5H,2-4,6-8H2,1H3,(H,13,14)/t12-/m1/s1. The Bertz CT molecular complexity index is 348. The lowest BCUT2D eigenvalue weighted by Crippen LogP contribution is -2.47. The van der Waals surface area contributed by atoms with Crippen LogP contribution >= 0.6 is 0 Å². The number of esters is 1. The van der Waals surface area contributed by atoms with Gasteiger partial charge in [0.1, 0.15) is 5.41 Å². The Morgan fingerprint density at radius 3 is 3.12 bits per heavy atom. The molecule has 1 atom stereocenters. The molecule has 1 N–H and O–H groups in total. The average Bonchev–Trinajstić information content (AvgIpc) is 2.29. The second-order valence-electron chi connectivity index (χ2n) is 4.36. The summed E-state index contributed by atoms with van der Waals surface area (Å²) < 4.78 is 5.15. The van der Waals surface area contributed by atoms with Crippen LogP contribution in [-0.4, -0.2) is 18.5 Å². The van der Waals surface area contributed by atoms with Crippen molar-refractivity contribution in [1.29, 1.82) is 0 Å². The van der Waals surface area contributed by atoms with Crippen LogP contribution in [0.1, 0.15) is 39.0 Å². The van der Waals surface area contributed by atoms with Crippen LogP contribution in [-0.2, 0) is 14.3 Å². The molecular weight excluding hydrogens is 206 g/mol. The molecule has 2 rings (SSSR count). The van der Waals surface area contributed by atoms with Gasteiger partial charge < -0.3 is 10.1 Å². The number of rotatable bonds is 2. The highest BCUT2D eigenvalue weighted by Gasteiger charge is 2.47. The molecule has 4 heteroatoms. The summed E-state index contributed by atoms with van der Waals surface area (Å²) in [6, 6.07) is 0. The molecule has 4 nitrogen and oxygen atoms in total. The Hall–Kier alpha value is -1.32. The molecule has 0 aromatic rings. The minimum Gasteiger partial charge on any atom is -0.465 e. The number of piperidine rings is 1. The van der Waals surface area contributed by atoms with Gasteiger partial charge in [0.15, 0.2) is 0 Å². The van der Waals surface area contributed by atoms with Crippen molar-refractivity contribution in [3.63, 3.8) is 0 Å². The summed E-state index contributed by atoms with van der Waals surface area (Å²) in [4.78, 5) is 23.4. The molecule has 0 bridgehead atoms. The summed E-state index contributed by atoms with van der Waals surface area (Å²) >= 11 is 0. The summed E-state index contributed by atoms with van der Waals surface area (Å²) in [6.07, 6.45) is 5.67. The number of hydrogen-bond acceptors (Lipinski definition) is 3. The summed E-state index contributed by atoms with van der Waals surface area (Å²) in [7, 11) is 0. The molecule has 2 aliphatic rings. The summed E-state index contributed by atoms with van der Waals surface area (Å²) in [5, 5.41) is 2.82. The van der Waals surface area contributed by atoms with E-state index in [-0.39, 0.29) is 11.9 Å². The second kappa shape index (κ2) is 4.28. The third-order valence-electron chi connectivity index (χ3n) is 3.39. The Kier molecular flexibility index (Phi) is 2.99. The van der Waals surface area contributed by atoms with Crippen molar-refractivity contribution in [1.82, 2.24) is 5.32 Å². The lowest BCUT2D eigenvalue weighted by atomic mass is 9.70. The van der Waals surface area contributed by atoms with Gasteiger partial charge >= 0.3 is 5.97 Å². The second-order valence-corrected chi connectivity index (χ2v) is 4.36. The molecule has 0 unspecified atom stereocenters. The van der Waals surface area contributed by atoms with Crippen LogP contribution in [0.25, 0.3) is 0 Å². The van der Waals surface area contributed by atoms with Crippen molar-refractivity contribution < 1.29 is 14.3 Å². The van der Waals surface area contributed by atoms with Crippen LogP contribution in [0, 0.1) is 5.41 Å². The monoisotopic (exact) mass is 223 g/mol. The maximum absolute atomic E-state index is 12.0. The minimum atomic E-state index is -0.567. The van der Waals surface area contributed by atoms with E-state index in [1.54, 1.807) is 0 Å². The maximum Gasteiger partial charge on any atom is 0.318 e. The van der Waals surface area contributed by atoms with Crippen LogP contribution in [0.3, 0.4) is 0 Å². The fourth-order valence-electron chi connectivity index (χ4n) is 2.53. The predicted molar refractivity (Wildman–Crippen MR) is 58.4 cm³/mol. The van der Waals surface area contributed by atoms with Crippen molar-refractivity contribution in [2.24, 2.45) is 5.41 Å². The fourth-order valence-corrected chi connectivity index (χ4v) is 2.53. The molecule has 1 aliphatic heterocycles. The first-order valence-electron chi connectivity index (χ1n) is 5.87. The zero-order chi connectivity index (χ0) is 11.6. The number of carbonyl (C=O) groups excluding carboxylic acids is 2. The maximum atomic E-state index is 12.0. The summed E-state index contributed by atoms with van der Waals surface area (Å²) in [5.41, 5.74) is 0.204. The molecule has 0 saturated carbocycles. The molecule has 1 fully saturated rings. The van der Waals surface area contributed by atoms with Crippen LogP contribution in [0.2, 0.25) is 0 Å². The summed E-state index contributed by atoms with van der Waals surface area (Å²) in [5.74, 6) is -0.172. The van der Waals surface area contributed by atoms with E-state index >= 15 is 0 Å². The highest BCUT2D eigenvalue weighted by atomic mass is 16.5. The molecule has 0 aromatic carbocycles. The van der Waals surface area contributed by atoms with Gasteiger partial charge in [0.05, 0.1) is 6.61 Å².